The molecule has 0 saturated carbocycles. The number of aryl methyl sites for hydroxylation is 3. The molecule has 5 nitrogen and oxygen atoms in total. The molecule has 0 unspecified atom stereocenters. The summed E-state index contributed by atoms with van der Waals surface area (Å²) in [6.07, 6.45) is 2.75. The first-order valence-corrected chi connectivity index (χ1v) is 14.1. The molecule has 3 aromatic carbocycles. The summed E-state index contributed by atoms with van der Waals surface area (Å²) in [5.41, 5.74) is 9.49. The third-order valence-corrected chi connectivity index (χ3v) is 8.31. The van der Waals surface area contributed by atoms with Gasteiger partial charge in [-0.25, -0.2) is 9.50 Å². The molecule has 0 fully saturated rings. The van der Waals surface area contributed by atoms with Gasteiger partial charge in [0.2, 0.25) is 5.91 Å². The molecule has 2 aromatic heterocycles. The largest absolute Gasteiger partial charge is 0.311 e. The van der Waals surface area contributed by atoms with Gasteiger partial charge in [-0.1, -0.05) is 90.6 Å². The molecular formula is C32H30N4OS. The summed E-state index contributed by atoms with van der Waals surface area (Å²) in [5.74, 6) is 0.469. The number of carbonyl (C=O) groups is 1. The molecule has 190 valence electrons. The van der Waals surface area contributed by atoms with E-state index in [1.165, 1.54) is 11.1 Å². The topological polar surface area (TPSA) is 50.5 Å². The van der Waals surface area contributed by atoms with Crippen LogP contribution < -0.4 is 4.90 Å². The molecule has 6 heteroatoms. The van der Waals surface area contributed by atoms with Crippen molar-refractivity contribution in [1.29, 1.82) is 0 Å². The summed E-state index contributed by atoms with van der Waals surface area (Å²) >= 11 is 1.57. The Morgan fingerprint density at radius 1 is 0.895 bits per heavy atom. The molecule has 0 bridgehead atoms. The van der Waals surface area contributed by atoms with E-state index in [4.69, 9.17) is 10.1 Å². The molecule has 0 aliphatic carbocycles. The van der Waals surface area contributed by atoms with Crippen molar-refractivity contribution < 1.29 is 4.79 Å². The second-order valence-corrected chi connectivity index (χ2v) is 10.7. The molecule has 0 spiro atoms. The predicted octanol–water partition coefficient (Wildman–Crippen LogP) is 6.68. The van der Waals surface area contributed by atoms with Gasteiger partial charge >= 0.3 is 0 Å². The van der Waals surface area contributed by atoms with E-state index < -0.39 is 0 Å². The van der Waals surface area contributed by atoms with Crippen LogP contribution in [-0.2, 0) is 17.6 Å². The van der Waals surface area contributed by atoms with E-state index in [-0.39, 0.29) is 5.91 Å². The normalized spacial score (nSPS) is 13.1. The SMILES string of the molecule is Cc1nc2c(-c3ccccc3)c(C)nn2c(SCC(=O)N2CCCc3ccccc32)c1Cc1ccccc1. The summed E-state index contributed by atoms with van der Waals surface area (Å²) in [7, 11) is 0. The van der Waals surface area contributed by atoms with Crippen molar-refractivity contribution in [2.75, 3.05) is 17.2 Å². The second kappa shape index (κ2) is 10.5. The minimum absolute atomic E-state index is 0.127. The maximum absolute atomic E-state index is 13.6. The fourth-order valence-electron chi connectivity index (χ4n) is 5.36. The number of amides is 1. The van der Waals surface area contributed by atoms with Gasteiger partial charge in [-0.15, -0.1) is 0 Å². The van der Waals surface area contributed by atoms with Crippen LogP contribution in [-0.4, -0.2) is 32.8 Å². The number of rotatable bonds is 6. The Balaban J connectivity index is 1.41. The van der Waals surface area contributed by atoms with E-state index >= 15 is 0 Å². The highest BCUT2D eigenvalue weighted by molar-refractivity contribution is 8.00. The van der Waals surface area contributed by atoms with Crippen LogP contribution in [0.15, 0.2) is 90.0 Å². The third kappa shape index (κ3) is 4.61. The standard InChI is InChI=1S/C32H30N4OS/c1-22-27(20-24-12-5-3-6-13-24)32(36-31(33-22)30(23(2)34-36)26-15-7-4-8-16-26)38-21-29(37)35-19-11-17-25-14-9-10-18-28(25)35/h3-10,12-16,18H,11,17,19-21H2,1-2H3. The summed E-state index contributed by atoms with van der Waals surface area (Å²) < 4.78 is 1.96. The van der Waals surface area contributed by atoms with Crippen LogP contribution in [0, 0.1) is 13.8 Å². The van der Waals surface area contributed by atoms with E-state index in [0.29, 0.717) is 5.75 Å². The summed E-state index contributed by atoms with van der Waals surface area (Å²) in [4.78, 5) is 20.6. The number of benzene rings is 3. The van der Waals surface area contributed by atoms with Crippen LogP contribution >= 0.6 is 11.8 Å². The van der Waals surface area contributed by atoms with Crippen LogP contribution in [0.3, 0.4) is 0 Å². The highest BCUT2D eigenvalue weighted by Gasteiger charge is 2.25. The number of para-hydroxylation sites is 1. The Labute approximate surface area is 227 Å². The zero-order chi connectivity index (χ0) is 26.1. The first-order chi connectivity index (χ1) is 18.6. The molecule has 38 heavy (non-hydrogen) atoms. The Hall–Kier alpha value is -3.90. The van der Waals surface area contributed by atoms with Gasteiger partial charge in [0.15, 0.2) is 5.65 Å². The lowest BCUT2D eigenvalue weighted by Crippen LogP contribution is -2.36. The number of anilines is 1. The van der Waals surface area contributed by atoms with Crippen molar-refractivity contribution in [2.24, 2.45) is 0 Å². The Kier molecular flexibility index (Phi) is 6.73. The van der Waals surface area contributed by atoms with E-state index in [1.54, 1.807) is 11.8 Å². The van der Waals surface area contributed by atoms with Crippen LogP contribution in [0.2, 0.25) is 0 Å². The van der Waals surface area contributed by atoms with Gasteiger partial charge in [-0.3, -0.25) is 4.79 Å². The Bertz CT molecular complexity index is 1610. The number of fused-ring (bicyclic) bond motifs is 2. The smallest absolute Gasteiger partial charge is 0.237 e. The van der Waals surface area contributed by atoms with Gasteiger partial charge in [-0.05, 0) is 49.4 Å². The molecular weight excluding hydrogens is 488 g/mol. The van der Waals surface area contributed by atoms with Crippen molar-refractivity contribution in [2.45, 2.75) is 38.1 Å². The Morgan fingerprint density at radius 3 is 2.39 bits per heavy atom. The van der Waals surface area contributed by atoms with Crippen molar-refractivity contribution in [3.05, 3.63) is 113 Å². The van der Waals surface area contributed by atoms with E-state index in [0.717, 1.165) is 70.2 Å². The van der Waals surface area contributed by atoms with Gasteiger partial charge in [0.1, 0.15) is 5.03 Å². The number of thioether (sulfide) groups is 1. The first-order valence-electron chi connectivity index (χ1n) is 13.1. The molecule has 1 aliphatic rings. The summed E-state index contributed by atoms with van der Waals surface area (Å²) in [5, 5.41) is 5.95. The monoisotopic (exact) mass is 518 g/mol. The minimum atomic E-state index is 0.127. The van der Waals surface area contributed by atoms with Crippen molar-refractivity contribution in [3.63, 3.8) is 0 Å². The number of hydrogen-bond acceptors (Lipinski definition) is 4. The van der Waals surface area contributed by atoms with Gasteiger partial charge < -0.3 is 4.90 Å². The number of nitrogens with zero attached hydrogens (tertiary/aromatic N) is 4. The lowest BCUT2D eigenvalue weighted by molar-refractivity contribution is -0.116. The van der Waals surface area contributed by atoms with Crippen molar-refractivity contribution in [3.8, 4) is 11.1 Å². The number of aromatic nitrogens is 3. The quantitative estimate of drug-likeness (QED) is 0.186. The van der Waals surface area contributed by atoms with Crippen molar-refractivity contribution in [1.82, 2.24) is 14.6 Å². The maximum atomic E-state index is 13.6. The van der Waals surface area contributed by atoms with E-state index in [2.05, 4.69) is 61.5 Å². The number of carbonyl (C=O) groups excluding carboxylic acids is 1. The van der Waals surface area contributed by atoms with E-state index in [9.17, 15) is 4.79 Å². The molecule has 3 heterocycles. The third-order valence-electron chi connectivity index (χ3n) is 7.23. The lowest BCUT2D eigenvalue weighted by atomic mass is 10.0. The second-order valence-electron chi connectivity index (χ2n) is 9.77. The van der Waals surface area contributed by atoms with Gasteiger partial charge in [-0.2, -0.15) is 5.10 Å². The zero-order valence-corrected chi connectivity index (χ0v) is 22.5. The van der Waals surface area contributed by atoms with Gasteiger partial charge in [0.05, 0.1) is 11.4 Å². The van der Waals surface area contributed by atoms with Crippen molar-refractivity contribution >= 4 is 29.0 Å². The minimum Gasteiger partial charge on any atom is -0.311 e. The molecule has 6 rings (SSSR count). The predicted molar refractivity (Wildman–Crippen MR) is 155 cm³/mol. The maximum Gasteiger partial charge on any atom is 0.237 e. The van der Waals surface area contributed by atoms with Gasteiger partial charge in [0, 0.05) is 35.5 Å². The van der Waals surface area contributed by atoms with Gasteiger partial charge in [0.25, 0.3) is 0 Å². The van der Waals surface area contributed by atoms with E-state index in [1.807, 2.05) is 46.7 Å². The highest BCUT2D eigenvalue weighted by atomic mass is 32.2. The fourth-order valence-corrected chi connectivity index (χ4v) is 6.42. The number of hydrogen-bond donors (Lipinski definition) is 0. The average Bonchev–Trinajstić information content (AvgIpc) is 3.28. The molecule has 0 atom stereocenters. The average molecular weight is 519 g/mol. The zero-order valence-electron chi connectivity index (χ0n) is 21.7. The molecule has 1 aliphatic heterocycles. The molecule has 0 radical (unpaired) electrons. The fraction of sp³-hybridized carbons (Fsp3) is 0.219. The molecule has 5 aromatic rings. The van der Waals surface area contributed by atoms with Crippen LogP contribution in [0.5, 0.6) is 0 Å². The molecule has 0 N–H and O–H groups in total. The lowest BCUT2D eigenvalue weighted by Gasteiger charge is -2.29. The summed E-state index contributed by atoms with van der Waals surface area (Å²) in [6, 6.07) is 29.0. The first kappa shape index (κ1) is 24.4. The van der Waals surface area contributed by atoms with Crippen LogP contribution in [0.4, 0.5) is 5.69 Å². The molecule has 0 saturated heterocycles. The van der Waals surface area contributed by atoms with Crippen LogP contribution in [0.1, 0.15) is 34.5 Å². The highest BCUT2D eigenvalue weighted by Crippen LogP contribution is 2.35. The Morgan fingerprint density at radius 2 is 1.61 bits per heavy atom. The molecule has 1 amide bonds. The summed E-state index contributed by atoms with van der Waals surface area (Å²) in [6.45, 7) is 4.87. The van der Waals surface area contributed by atoms with Crippen LogP contribution in [0.25, 0.3) is 16.8 Å².